The molecule has 0 saturated heterocycles. The Kier molecular flexibility index (Phi) is 17.2. The number of ether oxygens (including phenoxy) is 4. The predicted octanol–water partition coefficient (Wildman–Crippen LogP) is 13.0. The van der Waals surface area contributed by atoms with Crippen molar-refractivity contribution in [3.63, 3.8) is 0 Å². The third-order valence-corrected chi connectivity index (χ3v) is 10.2. The van der Waals surface area contributed by atoms with Crippen molar-refractivity contribution in [2.24, 2.45) is 4.99 Å². The molecular weight excluding hydrogens is 759 g/mol. The second-order valence-corrected chi connectivity index (χ2v) is 14.8. The summed E-state index contributed by atoms with van der Waals surface area (Å²) in [5.41, 5.74) is 7.26. The van der Waals surface area contributed by atoms with Gasteiger partial charge in [-0.15, -0.1) is 0 Å². The van der Waals surface area contributed by atoms with Crippen molar-refractivity contribution in [2.75, 3.05) is 26.4 Å². The third kappa shape index (κ3) is 14.6. The number of aliphatic imine (C=N–C) groups is 1. The molecule has 0 bridgehead atoms. The molecule has 0 spiro atoms. The molecule has 0 aromatic heterocycles. The maximum absolute atomic E-state index is 10.5. The lowest BCUT2D eigenvalue weighted by molar-refractivity contribution is 0.284. The summed E-state index contributed by atoms with van der Waals surface area (Å²) in [7, 11) is 0. The van der Waals surface area contributed by atoms with Crippen LogP contribution in [0.5, 0.6) is 28.7 Å². The number of hydrogen-bond donors (Lipinski definition) is 1. The first-order valence-corrected chi connectivity index (χ1v) is 21.3. The number of nitriles is 2. The van der Waals surface area contributed by atoms with E-state index >= 15 is 0 Å². The monoisotopic (exact) mass is 811 g/mol. The predicted molar refractivity (Wildman–Crippen MR) is 243 cm³/mol. The zero-order valence-electron chi connectivity index (χ0n) is 34.7. The molecule has 61 heavy (non-hydrogen) atoms. The summed E-state index contributed by atoms with van der Waals surface area (Å²) in [6.45, 7) is 2.60. The Hall–Kier alpha value is -7.03. The van der Waals surface area contributed by atoms with Crippen molar-refractivity contribution >= 4 is 11.9 Å². The van der Waals surface area contributed by atoms with Gasteiger partial charge < -0.3 is 24.1 Å². The van der Waals surface area contributed by atoms with E-state index in [4.69, 9.17) is 29.5 Å². The topological polar surface area (TPSA) is 117 Å². The first-order valence-electron chi connectivity index (χ1n) is 21.3. The van der Waals surface area contributed by atoms with Crippen molar-refractivity contribution in [1.29, 1.82) is 10.5 Å². The zero-order valence-corrected chi connectivity index (χ0v) is 34.7. The molecule has 0 fully saturated rings. The van der Waals surface area contributed by atoms with Gasteiger partial charge in [-0.1, -0.05) is 87.1 Å². The zero-order chi connectivity index (χ0) is 42.3. The van der Waals surface area contributed by atoms with Crippen LogP contribution in [-0.4, -0.2) is 37.7 Å². The van der Waals surface area contributed by atoms with Crippen LogP contribution in [0, 0.1) is 22.7 Å². The standard InChI is InChI=1S/C53H53N3O5/c54-38-41-11-16-44(17-12-41)46-20-26-49(27-21-46)58-33-7-3-1-4-9-35-60-51-30-24-48(25-31-51)56-40-43-15-32-53(52(57)37-43)61-36-10-6-2-5-8-34-59-50-28-22-47(23-29-50)45-18-13-42(39-55)14-19-45/h11-32,37,40,57H,1-10,33-36H2. The van der Waals surface area contributed by atoms with Gasteiger partial charge in [-0.25, -0.2) is 0 Å². The van der Waals surface area contributed by atoms with Gasteiger partial charge in [0.2, 0.25) is 0 Å². The summed E-state index contributed by atoms with van der Waals surface area (Å²) < 4.78 is 23.7. The highest BCUT2D eigenvalue weighted by Gasteiger charge is 2.05. The highest BCUT2D eigenvalue weighted by atomic mass is 16.5. The van der Waals surface area contributed by atoms with Crippen molar-refractivity contribution in [3.05, 3.63) is 156 Å². The summed E-state index contributed by atoms with van der Waals surface area (Å²) in [6.07, 6.45) is 12.2. The lowest BCUT2D eigenvalue weighted by Crippen LogP contribution is -1.99. The Morgan fingerprint density at radius 1 is 0.426 bits per heavy atom. The fourth-order valence-electron chi connectivity index (χ4n) is 6.70. The number of aromatic hydroxyl groups is 1. The Balaban J connectivity index is 0.763. The molecule has 0 unspecified atom stereocenters. The molecular formula is C53H53N3O5. The van der Waals surface area contributed by atoms with E-state index in [2.05, 4.69) is 17.1 Å². The number of hydrogen-bond acceptors (Lipinski definition) is 8. The van der Waals surface area contributed by atoms with Crippen molar-refractivity contribution in [2.45, 2.75) is 64.2 Å². The Morgan fingerprint density at radius 2 is 0.787 bits per heavy atom. The van der Waals surface area contributed by atoms with Gasteiger partial charge in [0, 0.05) is 6.21 Å². The van der Waals surface area contributed by atoms with Gasteiger partial charge in [-0.2, -0.15) is 10.5 Å². The minimum absolute atomic E-state index is 0.103. The smallest absolute Gasteiger partial charge is 0.160 e. The summed E-state index contributed by atoms with van der Waals surface area (Å²) in [6, 6.07) is 48.7. The van der Waals surface area contributed by atoms with Gasteiger partial charge in [0.25, 0.3) is 0 Å². The molecule has 6 rings (SSSR count). The fraction of sp³-hybridized carbons (Fsp3) is 0.264. The fourth-order valence-corrected chi connectivity index (χ4v) is 6.70. The minimum Gasteiger partial charge on any atom is -0.504 e. The molecule has 8 nitrogen and oxygen atoms in total. The van der Waals surface area contributed by atoms with E-state index in [0.29, 0.717) is 43.3 Å². The molecule has 0 aliphatic rings. The maximum Gasteiger partial charge on any atom is 0.160 e. The maximum atomic E-state index is 10.5. The van der Waals surface area contributed by atoms with Crippen molar-refractivity contribution in [3.8, 4) is 63.1 Å². The third-order valence-electron chi connectivity index (χ3n) is 10.2. The quantitative estimate of drug-likeness (QED) is 0.0478. The lowest BCUT2D eigenvalue weighted by atomic mass is 10.0. The SMILES string of the molecule is N#Cc1ccc(-c2ccc(OCCCCCCCOc3ccc(N=Cc4ccc(OCCCCCCCOc5ccc(-c6ccc(C#N)cc6)cc5)c(O)c4)cc3)cc2)cc1. The van der Waals surface area contributed by atoms with E-state index in [1.807, 2.05) is 127 Å². The summed E-state index contributed by atoms with van der Waals surface area (Å²) in [4.78, 5) is 4.56. The highest BCUT2D eigenvalue weighted by Crippen LogP contribution is 2.28. The van der Waals surface area contributed by atoms with Crippen LogP contribution < -0.4 is 18.9 Å². The Labute approximate surface area is 360 Å². The summed E-state index contributed by atoms with van der Waals surface area (Å²) >= 11 is 0. The molecule has 0 heterocycles. The second-order valence-electron chi connectivity index (χ2n) is 14.8. The number of phenolic OH excluding ortho intramolecular Hbond substituents is 1. The van der Waals surface area contributed by atoms with Crippen LogP contribution >= 0.6 is 0 Å². The normalized spacial score (nSPS) is 10.9. The van der Waals surface area contributed by atoms with Gasteiger partial charge in [-0.3, -0.25) is 4.99 Å². The molecule has 0 amide bonds. The average Bonchev–Trinajstić information content (AvgIpc) is 3.31. The van der Waals surface area contributed by atoms with E-state index in [1.165, 1.54) is 0 Å². The van der Waals surface area contributed by atoms with Gasteiger partial charge in [0.1, 0.15) is 17.2 Å². The highest BCUT2D eigenvalue weighted by molar-refractivity contribution is 5.83. The second kappa shape index (κ2) is 24.1. The van der Waals surface area contributed by atoms with Crippen LogP contribution in [0.2, 0.25) is 0 Å². The van der Waals surface area contributed by atoms with Crippen LogP contribution in [0.15, 0.2) is 145 Å². The van der Waals surface area contributed by atoms with Crippen LogP contribution in [0.1, 0.15) is 80.9 Å². The lowest BCUT2D eigenvalue weighted by Gasteiger charge is -2.09. The molecule has 0 aliphatic carbocycles. The first kappa shape index (κ1) is 43.5. The van der Waals surface area contributed by atoms with E-state index in [9.17, 15) is 5.11 Å². The number of phenols is 1. The molecule has 6 aromatic carbocycles. The summed E-state index contributed by atoms with van der Waals surface area (Å²) in [5, 5.41) is 28.5. The van der Waals surface area contributed by atoms with Crippen molar-refractivity contribution < 1.29 is 24.1 Å². The van der Waals surface area contributed by atoms with Crippen LogP contribution in [0.25, 0.3) is 22.3 Å². The first-order chi connectivity index (χ1) is 30.1. The van der Waals surface area contributed by atoms with Gasteiger partial charge in [0.05, 0.1) is 55.4 Å². The van der Waals surface area contributed by atoms with Crippen LogP contribution in [0.4, 0.5) is 5.69 Å². The molecule has 1 N–H and O–H groups in total. The van der Waals surface area contributed by atoms with Gasteiger partial charge in [-0.05, 0) is 144 Å². The van der Waals surface area contributed by atoms with Crippen LogP contribution in [-0.2, 0) is 0 Å². The van der Waals surface area contributed by atoms with E-state index in [-0.39, 0.29) is 5.75 Å². The van der Waals surface area contributed by atoms with Gasteiger partial charge in [0.15, 0.2) is 11.5 Å². The molecule has 8 heteroatoms. The number of unbranched alkanes of at least 4 members (excludes halogenated alkanes) is 8. The molecule has 0 radical (unpaired) electrons. The van der Waals surface area contributed by atoms with E-state index < -0.39 is 0 Å². The largest absolute Gasteiger partial charge is 0.504 e. The summed E-state index contributed by atoms with van der Waals surface area (Å²) in [5.74, 6) is 3.14. The Morgan fingerprint density at radius 3 is 1.18 bits per heavy atom. The molecule has 0 atom stereocenters. The number of benzene rings is 6. The average molecular weight is 812 g/mol. The van der Waals surface area contributed by atoms with E-state index in [0.717, 1.165) is 115 Å². The van der Waals surface area contributed by atoms with Crippen molar-refractivity contribution in [1.82, 2.24) is 0 Å². The van der Waals surface area contributed by atoms with Crippen LogP contribution in [0.3, 0.4) is 0 Å². The Bertz CT molecular complexity index is 2330. The number of rotatable bonds is 24. The molecule has 0 aliphatic heterocycles. The minimum atomic E-state index is 0.103. The van der Waals surface area contributed by atoms with Gasteiger partial charge >= 0.3 is 0 Å². The molecule has 0 saturated carbocycles. The molecule has 310 valence electrons. The molecule has 6 aromatic rings. The number of nitrogens with zero attached hydrogens (tertiary/aromatic N) is 3. The van der Waals surface area contributed by atoms with E-state index in [1.54, 1.807) is 18.3 Å².